The van der Waals surface area contributed by atoms with Crippen molar-refractivity contribution in [2.75, 3.05) is 0 Å². The topological polar surface area (TPSA) is 12.9 Å². The van der Waals surface area contributed by atoms with Crippen LogP contribution < -0.4 is 4.56 Å². The minimum Gasteiger partial charge on any atom is -0.274 e. The van der Waals surface area contributed by atoms with Crippen LogP contribution in [0.1, 0.15) is 0 Å². The molecule has 11 heavy (non-hydrogen) atoms. The van der Waals surface area contributed by atoms with E-state index < -0.39 is 0 Å². The van der Waals surface area contributed by atoms with Gasteiger partial charge in [-0.05, 0) is 6.07 Å². The van der Waals surface area contributed by atoms with Crippen LogP contribution in [0.2, 0.25) is 0 Å². The number of para-hydroxylation sites is 1. The van der Waals surface area contributed by atoms with Gasteiger partial charge in [0.1, 0.15) is 0 Å². The van der Waals surface area contributed by atoms with E-state index in [1.165, 1.54) is 5.39 Å². The van der Waals surface area contributed by atoms with Gasteiger partial charge >= 0.3 is 0 Å². The van der Waals surface area contributed by atoms with Gasteiger partial charge in [-0.3, -0.25) is 4.98 Å². The van der Waals surface area contributed by atoms with Crippen molar-refractivity contribution in [3.8, 4) is 0 Å². The molecule has 0 amide bonds. The van der Waals surface area contributed by atoms with Crippen LogP contribution in [0.4, 0.5) is 0 Å². The van der Waals surface area contributed by atoms with Crippen molar-refractivity contribution in [2.24, 2.45) is 0 Å². The van der Waals surface area contributed by atoms with E-state index in [1.54, 1.807) is 0 Å². The second-order valence-corrected chi connectivity index (χ2v) is 3.02. The first-order chi connectivity index (χ1) is 5.36. The summed E-state index contributed by atoms with van der Waals surface area (Å²) in [5, 5.41) is 1.19. The summed E-state index contributed by atoms with van der Waals surface area (Å²) in [7, 11) is 0. The van der Waals surface area contributed by atoms with Gasteiger partial charge in [-0.1, -0.05) is 34.9 Å². The molecule has 1 nitrogen and oxygen atoms in total. The monoisotopic (exact) mass is 155 g/mol. The maximum absolute atomic E-state index is 4.34. The highest BCUT2D eigenvalue weighted by atomic mass is 27.0. The molecule has 2 rings (SSSR count). The highest BCUT2D eigenvalue weighted by Crippen LogP contribution is 2.07. The van der Waals surface area contributed by atoms with Gasteiger partial charge in [-0.15, -0.1) is 0 Å². The lowest BCUT2D eigenvalue weighted by molar-refractivity contribution is 1.48. The molecular formula is C9H6AlN. The van der Waals surface area contributed by atoms with E-state index in [-0.39, 0.29) is 0 Å². The van der Waals surface area contributed by atoms with E-state index in [0.29, 0.717) is 0 Å². The van der Waals surface area contributed by atoms with Crippen molar-refractivity contribution < 1.29 is 0 Å². The first-order valence-electron chi connectivity index (χ1n) is 3.47. The van der Waals surface area contributed by atoms with Crippen molar-refractivity contribution in [2.45, 2.75) is 0 Å². The van der Waals surface area contributed by atoms with Crippen LogP contribution in [0.3, 0.4) is 0 Å². The second kappa shape index (κ2) is 2.66. The fraction of sp³-hybridized carbons (Fsp3) is 0. The van der Waals surface area contributed by atoms with Gasteiger partial charge in [0.15, 0.2) is 0 Å². The summed E-state index contributed by atoms with van der Waals surface area (Å²) in [6.07, 6.45) is 0. The molecule has 50 valence electrons. The highest BCUT2D eigenvalue weighted by Gasteiger charge is 1.90. The summed E-state index contributed by atoms with van der Waals surface area (Å²) in [5.41, 5.74) is 1.06. The number of rotatable bonds is 0. The van der Waals surface area contributed by atoms with Crippen LogP contribution in [-0.4, -0.2) is 21.3 Å². The van der Waals surface area contributed by atoms with Gasteiger partial charge in [0.2, 0.25) is 16.3 Å². The molecule has 0 saturated carbocycles. The highest BCUT2D eigenvalue weighted by molar-refractivity contribution is 6.31. The zero-order valence-corrected chi connectivity index (χ0v) is 7.14. The number of nitrogens with zero attached hydrogens (tertiary/aromatic N) is 1. The number of fused-ring (bicyclic) bond motifs is 1. The molecule has 0 bridgehead atoms. The Bertz CT molecular complexity index is 384. The van der Waals surface area contributed by atoms with Crippen LogP contribution in [-0.2, 0) is 0 Å². The first-order valence-corrected chi connectivity index (χ1v) is 4.05. The molecule has 2 heteroatoms. The first kappa shape index (κ1) is 6.85. The van der Waals surface area contributed by atoms with Crippen molar-refractivity contribution in [3.63, 3.8) is 0 Å². The molecule has 0 atom stereocenters. The predicted molar refractivity (Wildman–Crippen MR) is 47.1 cm³/mol. The third kappa shape index (κ3) is 1.28. The molecule has 0 aliphatic carbocycles. The minimum atomic E-state index is 0.990. The summed E-state index contributed by atoms with van der Waals surface area (Å²) in [6, 6.07) is 12.2. The van der Waals surface area contributed by atoms with Gasteiger partial charge in [0, 0.05) is 5.39 Å². The van der Waals surface area contributed by atoms with Gasteiger partial charge in [-0.2, -0.15) is 0 Å². The second-order valence-electron chi connectivity index (χ2n) is 2.43. The van der Waals surface area contributed by atoms with Crippen molar-refractivity contribution >= 4 is 31.7 Å². The van der Waals surface area contributed by atoms with Gasteiger partial charge in [0.05, 0.1) is 5.52 Å². The van der Waals surface area contributed by atoms with Crippen LogP contribution >= 0.6 is 0 Å². The van der Waals surface area contributed by atoms with Crippen LogP contribution in [0.25, 0.3) is 10.9 Å². The maximum atomic E-state index is 4.34. The number of aromatic nitrogens is 1. The third-order valence-corrected chi connectivity index (χ3v) is 1.94. The number of pyridine rings is 1. The molecule has 1 aromatic carbocycles. The zero-order chi connectivity index (χ0) is 7.68. The molecule has 2 aromatic rings. The Labute approximate surface area is 73.5 Å². The maximum Gasteiger partial charge on any atom is 0.209 e. The Morgan fingerprint density at radius 1 is 1.00 bits per heavy atom. The largest absolute Gasteiger partial charge is 0.274 e. The smallest absolute Gasteiger partial charge is 0.209 e. The van der Waals surface area contributed by atoms with Crippen LogP contribution in [0.5, 0.6) is 0 Å². The fourth-order valence-electron chi connectivity index (χ4n) is 1.08. The molecule has 0 fully saturated rings. The molecule has 0 aliphatic rings. The third-order valence-electron chi connectivity index (χ3n) is 1.62. The molecular weight excluding hydrogens is 149 g/mol. The van der Waals surface area contributed by atoms with Crippen LogP contribution in [0.15, 0.2) is 36.4 Å². The molecule has 1 aromatic heterocycles. The van der Waals surface area contributed by atoms with Crippen LogP contribution in [0, 0.1) is 0 Å². The number of hydrogen-bond donors (Lipinski definition) is 0. The normalized spacial score (nSPS) is 10.2. The van der Waals surface area contributed by atoms with E-state index in [2.05, 4.69) is 33.4 Å². The average molecular weight is 155 g/mol. The van der Waals surface area contributed by atoms with E-state index in [1.807, 2.05) is 24.3 Å². The summed E-state index contributed by atoms with van der Waals surface area (Å²) >= 11 is 2.59. The molecule has 0 aliphatic heterocycles. The molecule has 2 radical (unpaired) electrons. The summed E-state index contributed by atoms with van der Waals surface area (Å²) in [4.78, 5) is 4.34. The van der Waals surface area contributed by atoms with Gasteiger partial charge in [-0.25, -0.2) is 0 Å². The number of hydrogen-bond acceptors (Lipinski definition) is 1. The van der Waals surface area contributed by atoms with Gasteiger partial charge in [0.25, 0.3) is 0 Å². The summed E-state index contributed by atoms with van der Waals surface area (Å²) < 4.78 is 0.990. The Morgan fingerprint density at radius 3 is 2.73 bits per heavy atom. The lowest BCUT2D eigenvalue weighted by Crippen LogP contribution is -2.06. The Kier molecular flexibility index (Phi) is 1.65. The summed E-state index contributed by atoms with van der Waals surface area (Å²) in [6.45, 7) is 0. The van der Waals surface area contributed by atoms with Gasteiger partial charge < -0.3 is 0 Å². The lowest BCUT2D eigenvalue weighted by atomic mass is 10.2. The van der Waals surface area contributed by atoms with E-state index in [9.17, 15) is 0 Å². The van der Waals surface area contributed by atoms with E-state index in [0.717, 1.165) is 10.1 Å². The predicted octanol–water partition coefficient (Wildman–Crippen LogP) is 1.03. The molecule has 0 N–H and O–H groups in total. The molecule has 0 unspecified atom stereocenters. The Morgan fingerprint density at radius 2 is 1.82 bits per heavy atom. The average Bonchev–Trinajstić information content (AvgIpc) is 2.04. The van der Waals surface area contributed by atoms with Crippen molar-refractivity contribution in [1.29, 1.82) is 0 Å². The Hall–Kier alpha value is -0.838. The SMILES string of the molecule is [Al][c]1ccc2ccccc2n1. The van der Waals surface area contributed by atoms with Crippen molar-refractivity contribution in [3.05, 3.63) is 36.4 Å². The minimum absolute atomic E-state index is 0.990. The lowest BCUT2D eigenvalue weighted by Gasteiger charge is -1.97. The van der Waals surface area contributed by atoms with E-state index >= 15 is 0 Å². The van der Waals surface area contributed by atoms with Crippen molar-refractivity contribution in [1.82, 2.24) is 4.98 Å². The molecule has 0 spiro atoms. The zero-order valence-electron chi connectivity index (χ0n) is 5.99. The quantitative estimate of drug-likeness (QED) is 0.518. The Balaban J connectivity index is 2.83. The standard InChI is InChI=1S/C9H6N.Al/c1-2-6-9-8(4-1)5-3-7-10-9;/h1-6H;. The molecule has 0 saturated heterocycles. The van der Waals surface area contributed by atoms with E-state index in [4.69, 9.17) is 0 Å². The number of benzene rings is 1. The molecule has 1 heterocycles. The fourth-order valence-corrected chi connectivity index (χ4v) is 1.32. The summed E-state index contributed by atoms with van der Waals surface area (Å²) in [5.74, 6) is 0.